The lowest BCUT2D eigenvalue weighted by Crippen LogP contribution is -2.17. The van der Waals surface area contributed by atoms with E-state index in [1.807, 2.05) is 0 Å². The van der Waals surface area contributed by atoms with Crippen LogP contribution in [0.4, 0.5) is 0 Å². The Morgan fingerprint density at radius 2 is 1.86 bits per heavy atom. The van der Waals surface area contributed by atoms with Crippen LogP contribution in [-0.2, 0) is 14.3 Å². The van der Waals surface area contributed by atoms with Gasteiger partial charge < -0.3 is 4.74 Å². The minimum Gasteiger partial charge on any atom is -0.485 e. The number of ether oxygens (including phenoxy) is 1. The fourth-order valence-electron chi connectivity index (χ4n) is 0.761. The summed E-state index contributed by atoms with van der Waals surface area (Å²) in [5.41, 5.74) is 0. The van der Waals surface area contributed by atoms with E-state index in [1.165, 1.54) is 0 Å². The molecule has 1 aliphatic rings. The minimum absolute atomic E-state index is 0.108. The van der Waals surface area contributed by atoms with Gasteiger partial charge in [0.2, 0.25) is 9.58 Å². The van der Waals surface area contributed by atoms with Crippen molar-refractivity contribution >= 4 is 46.4 Å². The first-order chi connectivity index (χ1) is 6.38. The molecule has 14 heavy (non-hydrogen) atoms. The van der Waals surface area contributed by atoms with Gasteiger partial charge in [-0.1, -0.05) is 34.8 Å². The lowest BCUT2D eigenvalue weighted by Gasteiger charge is -2.14. The normalized spacial score (nSPS) is 16.9. The van der Waals surface area contributed by atoms with Crippen LogP contribution in [-0.4, -0.2) is 22.0 Å². The summed E-state index contributed by atoms with van der Waals surface area (Å²) >= 11 is 16.2. The number of carbonyl (C=O) groups excluding carboxylic acids is 2. The molecule has 6 heteroatoms. The number of alkyl halides is 3. The van der Waals surface area contributed by atoms with Crippen LogP contribution >= 0.6 is 34.8 Å². The molecule has 0 aromatic heterocycles. The van der Waals surface area contributed by atoms with Crippen molar-refractivity contribution in [1.82, 2.24) is 0 Å². The second-order valence-electron chi connectivity index (χ2n) is 2.51. The maximum absolute atomic E-state index is 11.1. The van der Waals surface area contributed by atoms with E-state index in [1.54, 1.807) is 0 Å². The van der Waals surface area contributed by atoms with Crippen LogP contribution in [0, 0.1) is 0 Å². The largest absolute Gasteiger partial charge is 0.485 e. The van der Waals surface area contributed by atoms with E-state index in [4.69, 9.17) is 39.5 Å². The van der Waals surface area contributed by atoms with Gasteiger partial charge in [-0.2, -0.15) is 0 Å². The van der Waals surface area contributed by atoms with Crippen LogP contribution in [0.15, 0.2) is 24.0 Å². The third-order valence-electron chi connectivity index (χ3n) is 1.31. The Balaban J connectivity index is 2.61. The van der Waals surface area contributed by atoms with E-state index in [9.17, 15) is 9.59 Å². The number of halogens is 3. The molecule has 0 bridgehead atoms. The Hall–Kier alpha value is -0.510. The smallest absolute Gasteiger partial charge is 0.223 e. The molecule has 0 N–H and O–H groups in total. The molecule has 76 valence electrons. The highest BCUT2D eigenvalue weighted by Gasteiger charge is 2.23. The molecular weight excluding hydrogens is 250 g/mol. The summed E-state index contributed by atoms with van der Waals surface area (Å²) in [5, 5.41) is 0. The molecule has 3 nitrogen and oxygen atoms in total. The molecule has 0 unspecified atom stereocenters. The molecule has 0 radical (unpaired) electrons. The predicted molar refractivity (Wildman–Crippen MR) is 53.5 cm³/mol. The van der Waals surface area contributed by atoms with E-state index in [-0.39, 0.29) is 18.1 Å². The number of ketones is 2. The fraction of sp³-hybridized carbons (Fsp3) is 0.250. The quantitative estimate of drug-likeness (QED) is 0.560. The minimum atomic E-state index is -1.61. The third kappa shape index (κ3) is 3.70. The number of hydrogen-bond donors (Lipinski definition) is 0. The summed E-state index contributed by atoms with van der Waals surface area (Å²) in [6.07, 6.45) is 3.30. The Kier molecular flexibility index (Phi) is 3.59. The van der Waals surface area contributed by atoms with Crippen molar-refractivity contribution in [3.8, 4) is 0 Å². The van der Waals surface area contributed by atoms with E-state index in [0.717, 1.165) is 18.2 Å². The molecule has 0 amide bonds. The number of hydrogen-bond acceptors (Lipinski definition) is 3. The van der Waals surface area contributed by atoms with E-state index in [2.05, 4.69) is 0 Å². The Morgan fingerprint density at radius 1 is 1.21 bits per heavy atom. The van der Waals surface area contributed by atoms with Crippen LogP contribution in [0.1, 0.15) is 0 Å². The molecule has 1 aliphatic carbocycles. The predicted octanol–water partition coefficient (Wildman–Crippen LogP) is 1.97. The summed E-state index contributed by atoms with van der Waals surface area (Å²) in [4.78, 5) is 21.9. The van der Waals surface area contributed by atoms with Gasteiger partial charge in [0.1, 0.15) is 6.61 Å². The molecule has 0 spiro atoms. The lowest BCUT2D eigenvalue weighted by atomic mass is 10.1. The Labute approximate surface area is 95.3 Å². The zero-order chi connectivity index (χ0) is 10.8. The summed E-state index contributed by atoms with van der Waals surface area (Å²) in [7, 11) is 0. The van der Waals surface area contributed by atoms with Crippen LogP contribution in [0.2, 0.25) is 0 Å². The maximum Gasteiger partial charge on any atom is 0.223 e. The molecule has 0 heterocycles. The molecule has 0 aromatic rings. The van der Waals surface area contributed by atoms with Gasteiger partial charge in [-0.3, -0.25) is 9.59 Å². The highest BCUT2D eigenvalue weighted by Crippen LogP contribution is 2.27. The van der Waals surface area contributed by atoms with Gasteiger partial charge in [-0.15, -0.1) is 0 Å². The van der Waals surface area contributed by atoms with Gasteiger partial charge in [0, 0.05) is 6.08 Å². The van der Waals surface area contributed by atoms with Crippen LogP contribution in [0.5, 0.6) is 0 Å². The van der Waals surface area contributed by atoms with Gasteiger partial charge in [-0.25, -0.2) is 0 Å². The van der Waals surface area contributed by atoms with Gasteiger partial charge in [-0.05, 0) is 12.2 Å². The third-order valence-corrected chi connectivity index (χ3v) is 1.63. The van der Waals surface area contributed by atoms with Crippen molar-refractivity contribution in [2.75, 3.05) is 6.61 Å². The highest BCUT2D eigenvalue weighted by atomic mass is 35.6. The first-order valence-corrected chi connectivity index (χ1v) is 4.69. The van der Waals surface area contributed by atoms with Gasteiger partial charge in [0.05, 0.1) is 0 Å². The standard InChI is InChI=1S/C8H5Cl3O3/c9-8(10,11)4-14-7-3-5(12)1-2-6(7)13/h1-3H,4H2. The monoisotopic (exact) mass is 254 g/mol. The molecule has 1 rings (SSSR count). The van der Waals surface area contributed by atoms with E-state index in [0.29, 0.717) is 0 Å². The second-order valence-corrected chi connectivity index (χ2v) is 5.03. The van der Waals surface area contributed by atoms with Crippen molar-refractivity contribution in [3.05, 3.63) is 24.0 Å². The molecule has 0 aromatic carbocycles. The topological polar surface area (TPSA) is 43.4 Å². The zero-order valence-electron chi connectivity index (χ0n) is 6.80. The number of rotatable bonds is 2. The summed E-state index contributed by atoms with van der Waals surface area (Å²) in [6.45, 7) is -0.281. The zero-order valence-corrected chi connectivity index (χ0v) is 9.07. The Bertz CT molecular complexity index is 325. The van der Waals surface area contributed by atoms with Crippen molar-refractivity contribution in [1.29, 1.82) is 0 Å². The first-order valence-electron chi connectivity index (χ1n) is 3.56. The molecule has 0 atom stereocenters. The lowest BCUT2D eigenvalue weighted by molar-refractivity contribution is -0.117. The summed E-state index contributed by atoms with van der Waals surface area (Å²) < 4.78 is 3.27. The number of allylic oxidation sites excluding steroid dienone is 3. The Morgan fingerprint density at radius 3 is 2.43 bits per heavy atom. The maximum atomic E-state index is 11.1. The first kappa shape index (κ1) is 11.6. The second kappa shape index (κ2) is 4.34. The van der Waals surface area contributed by atoms with Crippen LogP contribution < -0.4 is 0 Å². The fourth-order valence-corrected chi connectivity index (χ4v) is 0.924. The average molecular weight is 255 g/mol. The van der Waals surface area contributed by atoms with Gasteiger partial charge in [0.25, 0.3) is 0 Å². The van der Waals surface area contributed by atoms with Gasteiger partial charge in [0.15, 0.2) is 11.5 Å². The van der Waals surface area contributed by atoms with Crippen molar-refractivity contribution in [3.63, 3.8) is 0 Å². The molecule has 0 fully saturated rings. The van der Waals surface area contributed by atoms with E-state index < -0.39 is 9.58 Å². The highest BCUT2D eigenvalue weighted by molar-refractivity contribution is 6.67. The SMILES string of the molecule is O=C1C=CC(=O)C(OCC(Cl)(Cl)Cl)=C1. The van der Waals surface area contributed by atoms with Crippen molar-refractivity contribution < 1.29 is 14.3 Å². The van der Waals surface area contributed by atoms with Crippen LogP contribution in [0.25, 0.3) is 0 Å². The van der Waals surface area contributed by atoms with Crippen molar-refractivity contribution in [2.24, 2.45) is 0 Å². The van der Waals surface area contributed by atoms with Crippen LogP contribution in [0.3, 0.4) is 0 Å². The summed E-state index contributed by atoms with van der Waals surface area (Å²) in [5.74, 6) is -0.855. The number of carbonyl (C=O) groups is 2. The van der Waals surface area contributed by atoms with Crippen molar-refractivity contribution in [2.45, 2.75) is 3.79 Å². The van der Waals surface area contributed by atoms with E-state index >= 15 is 0 Å². The van der Waals surface area contributed by atoms with Gasteiger partial charge >= 0.3 is 0 Å². The molecule has 0 saturated carbocycles. The average Bonchev–Trinajstić information content (AvgIpc) is 2.05. The molecular formula is C8H5Cl3O3. The molecule has 0 aliphatic heterocycles. The molecule has 0 saturated heterocycles. The summed E-state index contributed by atoms with van der Waals surface area (Å²) in [6, 6.07) is 0.